The molecule has 3 rings (SSSR count). The number of hydrazone groups is 1. The smallest absolute Gasteiger partial charge is 0.271 e. The zero-order chi connectivity index (χ0) is 24.7. The lowest BCUT2D eigenvalue weighted by molar-refractivity contribution is -0.384. The second-order valence-corrected chi connectivity index (χ2v) is 7.78. The Balaban J connectivity index is 1.64. The lowest BCUT2D eigenvalue weighted by Gasteiger charge is -2.11. The number of hydrogen-bond donors (Lipinski definition) is 2. The summed E-state index contributed by atoms with van der Waals surface area (Å²) < 4.78 is 5.62. The quantitative estimate of drug-likeness (QED) is 0.276. The summed E-state index contributed by atoms with van der Waals surface area (Å²) in [6, 6.07) is 15.7. The Morgan fingerprint density at radius 3 is 2.65 bits per heavy atom. The molecule has 0 saturated heterocycles. The third-order valence-corrected chi connectivity index (χ3v) is 4.91. The molecule has 9 nitrogen and oxygen atoms in total. The molecule has 0 aliphatic heterocycles. The number of carbonyl (C=O) groups excluding carboxylic acids is 2. The SMILES string of the molecule is Cc1ccc(NC(=O)COc2ccc(Cl)cc2/C=N/NC(=O)c2cccc([N+](=O)[O-])c2)c(C)c1. The van der Waals surface area contributed by atoms with Gasteiger partial charge in [-0.15, -0.1) is 0 Å². The van der Waals surface area contributed by atoms with E-state index in [2.05, 4.69) is 15.8 Å². The number of non-ortho nitro benzene ring substituents is 1. The van der Waals surface area contributed by atoms with E-state index in [1.54, 1.807) is 18.2 Å². The topological polar surface area (TPSA) is 123 Å². The van der Waals surface area contributed by atoms with E-state index in [4.69, 9.17) is 16.3 Å². The van der Waals surface area contributed by atoms with Gasteiger partial charge in [-0.25, -0.2) is 5.43 Å². The predicted octanol–water partition coefficient (Wildman–Crippen LogP) is 4.65. The van der Waals surface area contributed by atoms with Gasteiger partial charge in [-0.3, -0.25) is 19.7 Å². The monoisotopic (exact) mass is 480 g/mol. The van der Waals surface area contributed by atoms with E-state index in [9.17, 15) is 19.7 Å². The standard InChI is InChI=1S/C24H21ClN4O5/c1-15-6-8-21(16(2)10-15)27-23(30)14-34-22-9-7-19(25)11-18(22)13-26-28-24(31)17-4-3-5-20(12-17)29(32)33/h3-13H,14H2,1-2H3,(H,27,30)(H,28,31)/b26-13+. The summed E-state index contributed by atoms with van der Waals surface area (Å²) >= 11 is 6.05. The van der Waals surface area contributed by atoms with Crippen molar-refractivity contribution in [1.29, 1.82) is 0 Å². The maximum absolute atomic E-state index is 12.3. The highest BCUT2D eigenvalue weighted by molar-refractivity contribution is 6.30. The van der Waals surface area contributed by atoms with Gasteiger partial charge in [0, 0.05) is 34.0 Å². The summed E-state index contributed by atoms with van der Waals surface area (Å²) in [6.07, 6.45) is 1.30. The minimum atomic E-state index is -0.628. The molecular formula is C24H21ClN4O5. The molecule has 0 aliphatic carbocycles. The van der Waals surface area contributed by atoms with Crippen LogP contribution >= 0.6 is 11.6 Å². The van der Waals surface area contributed by atoms with E-state index in [0.29, 0.717) is 22.0 Å². The highest BCUT2D eigenvalue weighted by Crippen LogP contribution is 2.22. The van der Waals surface area contributed by atoms with E-state index in [1.165, 1.54) is 24.4 Å². The number of ether oxygens (including phenoxy) is 1. The summed E-state index contributed by atoms with van der Waals surface area (Å²) in [4.78, 5) is 34.9. The molecule has 0 spiro atoms. The number of aryl methyl sites for hydroxylation is 2. The fourth-order valence-corrected chi connectivity index (χ4v) is 3.20. The van der Waals surface area contributed by atoms with Crippen molar-refractivity contribution in [3.05, 3.63) is 98.1 Å². The van der Waals surface area contributed by atoms with Crippen LogP contribution in [0.15, 0.2) is 65.8 Å². The second kappa shape index (κ2) is 11.1. The molecule has 0 unspecified atom stereocenters. The molecule has 2 N–H and O–H groups in total. The number of amides is 2. The van der Waals surface area contributed by atoms with Crippen LogP contribution in [0.1, 0.15) is 27.0 Å². The van der Waals surface area contributed by atoms with Gasteiger partial charge in [0.15, 0.2) is 6.61 Å². The Labute approximate surface area is 200 Å². The molecule has 0 heterocycles. The van der Waals surface area contributed by atoms with Crippen LogP contribution in [0.25, 0.3) is 0 Å². The summed E-state index contributed by atoms with van der Waals surface area (Å²) in [7, 11) is 0. The Morgan fingerprint density at radius 1 is 1.12 bits per heavy atom. The largest absolute Gasteiger partial charge is 0.483 e. The molecule has 3 aromatic rings. The Hall–Kier alpha value is -4.24. The lowest BCUT2D eigenvalue weighted by Crippen LogP contribution is -2.21. The van der Waals surface area contributed by atoms with Crippen molar-refractivity contribution in [1.82, 2.24) is 5.43 Å². The second-order valence-electron chi connectivity index (χ2n) is 7.34. The average Bonchev–Trinajstić information content (AvgIpc) is 2.80. The molecule has 0 fully saturated rings. The maximum Gasteiger partial charge on any atom is 0.271 e. The van der Waals surface area contributed by atoms with Gasteiger partial charge in [0.05, 0.1) is 11.1 Å². The van der Waals surface area contributed by atoms with Crippen LogP contribution in [0.2, 0.25) is 5.02 Å². The van der Waals surface area contributed by atoms with E-state index in [-0.39, 0.29) is 23.8 Å². The molecule has 0 saturated carbocycles. The number of rotatable bonds is 8. The average molecular weight is 481 g/mol. The fourth-order valence-electron chi connectivity index (χ4n) is 3.02. The van der Waals surface area contributed by atoms with Gasteiger partial charge in [0.1, 0.15) is 5.75 Å². The maximum atomic E-state index is 12.3. The molecular weight excluding hydrogens is 460 g/mol. The Morgan fingerprint density at radius 2 is 1.91 bits per heavy atom. The molecule has 3 aromatic carbocycles. The third kappa shape index (κ3) is 6.63. The van der Waals surface area contributed by atoms with Gasteiger partial charge in [-0.2, -0.15) is 5.10 Å². The first kappa shape index (κ1) is 24.4. The molecule has 2 amide bonds. The summed E-state index contributed by atoms with van der Waals surface area (Å²) in [6.45, 7) is 3.62. The fraction of sp³-hybridized carbons (Fsp3) is 0.125. The molecule has 0 radical (unpaired) electrons. The van der Waals surface area contributed by atoms with Gasteiger partial charge in [-0.05, 0) is 49.7 Å². The first-order chi connectivity index (χ1) is 16.2. The van der Waals surface area contributed by atoms with Crippen LogP contribution in [0.3, 0.4) is 0 Å². The molecule has 0 aliphatic rings. The lowest BCUT2D eigenvalue weighted by atomic mass is 10.1. The van der Waals surface area contributed by atoms with Crippen LogP contribution in [-0.2, 0) is 4.79 Å². The van der Waals surface area contributed by atoms with Crippen LogP contribution in [0.5, 0.6) is 5.75 Å². The van der Waals surface area contributed by atoms with Gasteiger partial charge in [0.2, 0.25) is 0 Å². The van der Waals surface area contributed by atoms with Crippen molar-refractivity contribution in [2.45, 2.75) is 13.8 Å². The number of carbonyl (C=O) groups is 2. The minimum absolute atomic E-state index is 0.0805. The van der Waals surface area contributed by atoms with E-state index >= 15 is 0 Å². The number of nitro groups is 1. The number of halogens is 1. The number of hydrogen-bond acceptors (Lipinski definition) is 6. The molecule has 0 bridgehead atoms. The van der Waals surface area contributed by atoms with E-state index in [1.807, 2.05) is 32.0 Å². The first-order valence-corrected chi connectivity index (χ1v) is 10.5. The number of nitrogens with zero attached hydrogens (tertiary/aromatic N) is 2. The van der Waals surface area contributed by atoms with Crippen molar-refractivity contribution in [3.8, 4) is 5.75 Å². The van der Waals surface area contributed by atoms with Crippen LogP contribution in [-0.4, -0.2) is 29.6 Å². The summed E-state index contributed by atoms with van der Waals surface area (Å²) in [5, 5.41) is 18.0. The van der Waals surface area contributed by atoms with Gasteiger partial charge in [0.25, 0.3) is 17.5 Å². The highest BCUT2D eigenvalue weighted by atomic mass is 35.5. The van der Waals surface area contributed by atoms with Gasteiger partial charge in [-0.1, -0.05) is 35.4 Å². The van der Waals surface area contributed by atoms with Crippen molar-refractivity contribution in [3.63, 3.8) is 0 Å². The Kier molecular flexibility index (Phi) is 7.94. The normalized spacial score (nSPS) is 10.7. The first-order valence-electron chi connectivity index (χ1n) is 10.1. The van der Waals surface area contributed by atoms with Crippen molar-refractivity contribution in [2.24, 2.45) is 5.10 Å². The molecule has 0 atom stereocenters. The molecule has 174 valence electrons. The highest BCUT2D eigenvalue weighted by Gasteiger charge is 2.12. The van der Waals surface area contributed by atoms with Crippen LogP contribution in [0.4, 0.5) is 11.4 Å². The third-order valence-electron chi connectivity index (χ3n) is 4.68. The molecule has 10 heteroatoms. The summed E-state index contributed by atoms with van der Waals surface area (Å²) in [5.74, 6) is -0.644. The number of nitrogens with one attached hydrogen (secondary N) is 2. The van der Waals surface area contributed by atoms with Crippen LogP contribution in [0, 0.1) is 24.0 Å². The van der Waals surface area contributed by atoms with Crippen LogP contribution < -0.4 is 15.5 Å². The van der Waals surface area contributed by atoms with Gasteiger partial charge < -0.3 is 10.1 Å². The van der Waals surface area contributed by atoms with Gasteiger partial charge >= 0.3 is 0 Å². The van der Waals surface area contributed by atoms with Crippen molar-refractivity contribution >= 4 is 41.0 Å². The molecule has 34 heavy (non-hydrogen) atoms. The molecule has 0 aromatic heterocycles. The van der Waals surface area contributed by atoms with E-state index in [0.717, 1.165) is 17.2 Å². The number of benzene rings is 3. The summed E-state index contributed by atoms with van der Waals surface area (Å²) in [5.41, 5.74) is 5.32. The predicted molar refractivity (Wildman–Crippen MR) is 130 cm³/mol. The minimum Gasteiger partial charge on any atom is -0.483 e. The number of nitro benzene ring substituents is 1. The number of anilines is 1. The van der Waals surface area contributed by atoms with E-state index < -0.39 is 10.8 Å². The zero-order valence-electron chi connectivity index (χ0n) is 18.4. The Bertz CT molecular complexity index is 1280. The van der Waals surface area contributed by atoms with Crippen molar-refractivity contribution < 1.29 is 19.2 Å². The van der Waals surface area contributed by atoms with Crippen molar-refractivity contribution in [2.75, 3.05) is 11.9 Å². The zero-order valence-corrected chi connectivity index (χ0v) is 19.1.